The second-order valence-electron chi connectivity index (χ2n) is 6.25. The van der Waals surface area contributed by atoms with Crippen LogP contribution >= 0.6 is 0 Å². The maximum atomic E-state index is 12.5. The van der Waals surface area contributed by atoms with Gasteiger partial charge in [-0.05, 0) is 33.1 Å². The molecule has 0 saturated carbocycles. The van der Waals surface area contributed by atoms with Gasteiger partial charge in [0, 0.05) is 31.4 Å². The molecule has 1 aliphatic rings. The van der Waals surface area contributed by atoms with Crippen LogP contribution in [0.5, 0.6) is 5.88 Å². The molecule has 0 saturated heterocycles. The van der Waals surface area contributed by atoms with E-state index in [0.29, 0.717) is 11.6 Å². The molecule has 0 aliphatic heterocycles. The van der Waals surface area contributed by atoms with Crippen LogP contribution in [-0.2, 0) is 20.5 Å². The molecule has 2 aromatic heterocycles. The van der Waals surface area contributed by atoms with Crippen molar-refractivity contribution in [3.63, 3.8) is 0 Å². The Bertz CT molecular complexity index is 716. The van der Waals surface area contributed by atoms with Gasteiger partial charge in [0.05, 0.1) is 18.3 Å². The fourth-order valence-electron chi connectivity index (χ4n) is 3.00. The molecule has 0 bridgehead atoms. The first-order valence-electron chi connectivity index (χ1n) is 7.98. The summed E-state index contributed by atoms with van der Waals surface area (Å²) < 4.78 is 9.11. The van der Waals surface area contributed by atoms with Gasteiger partial charge < -0.3 is 10.1 Å². The standard InChI is InChI=1S/C16H23N5O2/c1-10(2)23-15-8-13(19-21(15)4)16(22)18-12-6-5-7-14-11(12)9-17-20(14)3/h8-10,12H,5-7H2,1-4H3,(H,18,22)/t12-/m1/s1. The Balaban J connectivity index is 1.75. The predicted molar refractivity (Wildman–Crippen MR) is 85.3 cm³/mol. The predicted octanol–water partition coefficient (Wildman–Crippen LogP) is 1.75. The summed E-state index contributed by atoms with van der Waals surface area (Å²) in [5.74, 6) is 0.414. The summed E-state index contributed by atoms with van der Waals surface area (Å²) in [5, 5.41) is 11.6. The van der Waals surface area contributed by atoms with E-state index in [0.717, 1.165) is 24.8 Å². The lowest BCUT2D eigenvalue weighted by Crippen LogP contribution is -2.31. The Labute approximate surface area is 135 Å². The summed E-state index contributed by atoms with van der Waals surface area (Å²) in [4.78, 5) is 12.5. The van der Waals surface area contributed by atoms with Crippen molar-refractivity contribution in [2.24, 2.45) is 14.1 Å². The minimum atomic E-state index is -0.180. The monoisotopic (exact) mass is 317 g/mol. The summed E-state index contributed by atoms with van der Waals surface area (Å²) in [6, 6.07) is 1.68. The second-order valence-corrected chi connectivity index (χ2v) is 6.25. The molecule has 0 fully saturated rings. The first-order valence-corrected chi connectivity index (χ1v) is 7.98. The Morgan fingerprint density at radius 2 is 2.17 bits per heavy atom. The fraction of sp³-hybridized carbons (Fsp3) is 0.562. The third kappa shape index (κ3) is 3.09. The fourth-order valence-corrected chi connectivity index (χ4v) is 3.00. The van der Waals surface area contributed by atoms with Crippen molar-refractivity contribution in [1.82, 2.24) is 24.9 Å². The van der Waals surface area contributed by atoms with E-state index in [1.165, 1.54) is 5.69 Å². The molecule has 124 valence electrons. The lowest BCUT2D eigenvalue weighted by Gasteiger charge is -2.23. The molecule has 2 aromatic rings. The van der Waals surface area contributed by atoms with Gasteiger partial charge in [-0.1, -0.05) is 0 Å². The van der Waals surface area contributed by atoms with Gasteiger partial charge in [-0.15, -0.1) is 0 Å². The number of hydrogen-bond acceptors (Lipinski definition) is 4. The van der Waals surface area contributed by atoms with Crippen molar-refractivity contribution < 1.29 is 9.53 Å². The van der Waals surface area contributed by atoms with E-state index in [4.69, 9.17) is 4.74 Å². The smallest absolute Gasteiger partial charge is 0.272 e. The van der Waals surface area contributed by atoms with E-state index in [1.54, 1.807) is 17.8 Å². The van der Waals surface area contributed by atoms with E-state index in [1.807, 2.05) is 31.8 Å². The highest BCUT2D eigenvalue weighted by atomic mass is 16.5. The molecule has 7 heteroatoms. The second kappa shape index (κ2) is 6.06. The summed E-state index contributed by atoms with van der Waals surface area (Å²) in [5.41, 5.74) is 2.69. The van der Waals surface area contributed by atoms with Crippen LogP contribution in [0.4, 0.5) is 0 Å². The largest absolute Gasteiger partial charge is 0.475 e. The average molecular weight is 317 g/mol. The Hall–Kier alpha value is -2.31. The van der Waals surface area contributed by atoms with Gasteiger partial charge >= 0.3 is 0 Å². The number of aryl methyl sites for hydroxylation is 2. The Kier molecular flexibility index (Phi) is 4.11. The summed E-state index contributed by atoms with van der Waals surface area (Å²) in [7, 11) is 3.71. The number of hydrogen-bond donors (Lipinski definition) is 1. The van der Waals surface area contributed by atoms with Crippen molar-refractivity contribution in [2.45, 2.75) is 45.3 Å². The van der Waals surface area contributed by atoms with Crippen molar-refractivity contribution in [3.8, 4) is 5.88 Å². The van der Waals surface area contributed by atoms with E-state index >= 15 is 0 Å². The number of rotatable bonds is 4. The molecule has 0 unspecified atom stereocenters. The summed E-state index contributed by atoms with van der Waals surface area (Å²) >= 11 is 0. The number of carbonyl (C=O) groups excluding carboxylic acids is 1. The van der Waals surface area contributed by atoms with Gasteiger partial charge in [-0.3, -0.25) is 9.48 Å². The van der Waals surface area contributed by atoms with Crippen molar-refractivity contribution in [3.05, 3.63) is 29.2 Å². The Morgan fingerprint density at radius 3 is 2.91 bits per heavy atom. The number of nitrogens with one attached hydrogen (secondary N) is 1. The van der Waals surface area contributed by atoms with Crippen molar-refractivity contribution in [1.29, 1.82) is 0 Å². The van der Waals surface area contributed by atoms with Gasteiger partial charge in [-0.25, -0.2) is 4.68 Å². The van der Waals surface area contributed by atoms with Crippen LogP contribution in [0.1, 0.15) is 54.5 Å². The molecular formula is C16H23N5O2. The first kappa shape index (κ1) is 15.6. The van der Waals surface area contributed by atoms with Crippen LogP contribution in [0, 0.1) is 0 Å². The molecule has 2 heterocycles. The molecule has 1 aliphatic carbocycles. The molecule has 0 spiro atoms. The number of carbonyl (C=O) groups is 1. The van der Waals surface area contributed by atoms with Gasteiger partial charge in [0.1, 0.15) is 0 Å². The lowest BCUT2D eigenvalue weighted by atomic mass is 9.93. The topological polar surface area (TPSA) is 74.0 Å². The molecule has 0 aromatic carbocycles. The van der Waals surface area contributed by atoms with Crippen LogP contribution in [0.25, 0.3) is 0 Å². The van der Waals surface area contributed by atoms with Crippen LogP contribution in [0.15, 0.2) is 12.3 Å². The molecule has 0 radical (unpaired) electrons. The van der Waals surface area contributed by atoms with Gasteiger partial charge in [0.25, 0.3) is 5.91 Å². The Morgan fingerprint density at radius 1 is 1.39 bits per heavy atom. The van der Waals surface area contributed by atoms with Crippen LogP contribution in [-0.4, -0.2) is 31.6 Å². The number of amides is 1. The normalized spacial score (nSPS) is 17.2. The minimum Gasteiger partial charge on any atom is -0.475 e. The van der Waals surface area contributed by atoms with Crippen LogP contribution < -0.4 is 10.1 Å². The molecule has 1 N–H and O–H groups in total. The van der Waals surface area contributed by atoms with Crippen molar-refractivity contribution >= 4 is 5.91 Å². The molecule has 3 rings (SSSR count). The minimum absolute atomic E-state index is 0.00331. The highest BCUT2D eigenvalue weighted by Crippen LogP contribution is 2.29. The highest BCUT2D eigenvalue weighted by Gasteiger charge is 2.26. The zero-order valence-corrected chi connectivity index (χ0v) is 14.0. The third-order valence-corrected chi connectivity index (χ3v) is 4.11. The lowest BCUT2D eigenvalue weighted by molar-refractivity contribution is 0.0927. The zero-order chi connectivity index (χ0) is 16.6. The number of nitrogens with zero attached hydrogens (tertiary/aromatic N) is 4. The third-order valence-electron chi connectivity index (χ3n) is 4.11. The van der Waals surface area contributed by atoms with E-state index in [2.05, 4.69) is 15.5 Å². The van der Waals surface area contributed by atoms with Gasteiger partial charge in [0.2, 0.25) is 5.88 Å². The SMILES string of the molecule is CC(C)Oc1cc(C(=O)N[C@@H]2CCCc3c2cnn3C)nn1C. The molecule has 23 heavy (non-hydrogen) atoms. The molecule has 1 amide bonds. The average Bonchev–Trinajstić information content (AvgIpc) is 3.04. The van der Waals surface area contributed by atoms with Gasteiger partial charge in [-0.2, -0.15) is 10.2 Å². The van der Waals surface area contributed by atoms with E-state index in [9.17, 15) is 4.79 Å². The number of fused-ring (bicyclic) bond motifs is 1. The molecule has 7 nitrogen and oxygen atoms in total. The van der Waals surface area contributed by atoms with E-state index in [-0.39, 0.29) is 18.1 Å². The van der Waals surface area contributed by atoms with Crippen molar-refractivity contribution in [2.75, 3.05) is 0 Å². The van der Waals surface area contributed by atoms with Crippen LogP contribution in [0.3, 0.4) is 0 Å². The molecular weight excluding hydrogens is 294 g/mol. The maximum absolute atomic E-state index is 12.5. The quantitative estimate of drug-likeness (QED) is 0.932. The summed E-state index contributed by atoms with van der Waals surface area (Å²) in [6.45, 7) is 3.89. The molecule has 1 atom stereocenters. The highest BCUT2D eigenvalue weighted by molar-refractivity contribution is 5.92. The summed E-state index contributed by atoms with van der Waals surface area (Å²) in [6.07, 6.45) is 4.87. The van der Waals surface area contributed by atoms with E-state index < -0.39 is 0 Å². The zero-order valence-electron chi connectivity index (χ0n) is 14.0. The van der Waals surface area contributed by atoms with Crippen LogP contribution in [0.2, 0.25) is 0 Å². The number of aromatic nitrogens is 4. The number of ether oxygens (including phenoxy) is 1. The maximum Gasteiger partial charge on any atom is 0.272 e. The first-order chi connectivity index (χ1) is 11.0. The van der Waals surface area contributed by atoms with Gasteiger partial charge in [0.15, 0.2) is 5.69 Å².